The van der Waals surface area contributed by atoms with Crippen molar-refractivity contribution in [2.45, 2.75) is 0 Å². The van der Waals surface area contributed by atoms with E-state index in [0.717, 1.165) is 0 Å². The molecule has 0 atom stereocenters. The van der Waals surface area contributed by atoms with Gasteiger partial charge in [-0.15, -0.1) is 0 Å². The van der Waals surface area contributed by atoms with Crippen LogP contribution in [0.15, 0.2) is 48.5 Å². The number of halogens is 2. The van der Waals surface area contributed by atoms with Gasteiger partial charge in [-0.1, -0.05) is 47.2 Å². The standard InChI is InChI=1S/C16H14Cl2N2OS2/c1-19(16(22)23-2)20(14-9-7-13(18)8-10-14)15(21)11-3-5-12(17)6-4-11/h3-10H,1-2H3. The van der Waals surface area contributed by atoms with Crippen molar-refractivity contribution in [3.8, 4) is 0 Å². The van der Waals surface area contributed by atoms with Crippen LogP contribution < -0.4 is 5.01 Å². The third-order valence-electron chi connectivity index (χ3n) is 3.09. The first-order valence-electron chi connectivity index (χ1n) is 6.61. The number of anilines is 1. The molecule has 0 saturated heterocycles. The van der Waals surface area contributed by atoms with E-state index in [2.05, 4.69) is 0 Å². The van der Waals surface area contributed by atoms with E-state index in [0.29, 0.717) is 25.6 Å². The summed E-state index contributed by atoms with van der Waals surface area (Å²) in [5.74, 6) is -0.206. The van der Waals surface area contributed by atoms with Gasteiger partial charge < -0.3 is 0 Å². The maximum Gasteiger partial charge on any atom is 0.277 e. The third kappa shape index (κ3) is 4.38. The number of carbonyl (C=O) groups is 1. The number of carbonyl (C=O) groups excluding carboxylic acids is 1. The molecule has 7 heteroatoms. The number of nitrogens with zero attached hydrogens (tertiary/aromatic N) is 2. The van der Waals surface area contributed by atoms with Crippen molar-refractivity contribution >= 4 is 63.1 Å². The zero-order valence-electron chi connectivity index (χ0n) is 12.5. The quantitative estimate of drug-likeness (QED) is 0.528. The van der Waals surface area contributed by atoms with Crippen LogP contribution in [0.5, 0.6) is 0 Å². The molecular weight excluding hydrogens is 371 g/mol. The van der Waals surface area contributed by atoms with Crippen LogP contribution in [0.1, 0.15) is 10.4 Å². The summed E-state index contributed by atoms with van der Waals surface area (Å²) < 4.78 is 0.572. The zero-order valence-corrected chi connectivity index (χ0v) is 15.6. The molecule has 0 saturated carbocycles. The SMILES string of the molecule is CSC(=S)N(C)N(C(=O)c1ccc(Cl)cc1)c1ccc(Cl)cc1. The average molecular weight is 385 g/mol. The van der Waals surface area contributed by atoms with E-state index in [9.17, 15) is 4.79 Å². The van der Waals surface area contributed by atoms with Crippen molar-refractivity contribution in [1.29, 1.82) is 0 Å². The predicted molar refractivity (Wildman–Crippen MR) is 104 cm³/mol. The van der Waals surface area contributed by atoms with Gasteiger partial charge in [0.15, 0.2) is 4.32 Å². The monoisotopic (exact) mass is 384 g/mol. The molecule has 2 rings (SSSR count). The lowest BCUT2D eigenvalue weighted by atomic mass is 10.2. The molecule has 0 aliphatic carbocycles. The Labute approximate surface area is 155 Å². The summed E-state index contributed by atoms with van der Waals surface area (Å²) >= 11 is 18.5. The molecule has 0 spiro atoms. The molecule has 23 heavy (non-hydrogen) atoms. The van der Waals surface area contributed by atoms with Gasteiger partial charge in [0.2, 0.25) is 0 Å². The molecule has 0 heterocycles. The molecule has 0 fully saturated rings. The molecule has 0 aromatic heterocycles. The minimum atomic E-state index is -0.206. The average Bonchev–Trinajstić information content (AvgIpc) is 2.56. The van der Waals surface area contributed by atoms with E-state index in [1.165, 1.54) is 16.8 Å². The zero-order chi connectivity index (χ0) is 17.0. The van der Waals surface area contributed by atoms with Crippen LogP contribution in [-0.2, 0) is 0 Å². The van der Waals surface area contributed by atoms with Gasteiger partial charge in [0.1, 0.15) is 0 Å². The fourth-order valence-corrected chi connectivity index (χ4v) is 2.62. The summed E-state index contributed by atoms with van der Waals surface area (Å²) in [5, 5.41) is 4.33. The first-order chi connectivity index (χ1) is 10.9. The van der Waals surface area contributed by atoms with E-state index >= 15 is 0 Å². The molecule has 0 radical (unpaired) electrons. The normalized spacial score (nSPS) is 10.3. The van der Waals surface area contributed by atoms with Crippen LogP contribution in [0.3, 0.4) is 0 Å². The number of amides is 1. The van der Waals surface area contributed by atoms with Crippen molar-refractivity contribution < 1.29 is 4.79 Å². The molecule has 0 unspecified atom stereocenters. The van der Waals surface area contributed by atoms with Crippen molar-refractivity contribution in [3.05, 3.63) is 64.1 Å². The number of hydrogen-bond acceptors (Lipinski definition) is 3. The van der Waals surface area contributed by atoms with E-state index in [-0.39, 0.29) is 5.91 Å². The summed E-state index contributed by atoms with van der Waals surface area (Å²) in [6.45, 7) is 0. The fourth-order valence-electron chi connectivity index (χ4n) is 1.94. The van der Waals surface area contributed by atoms with Crippen LogP contribution in [0.2, 0.25) is 10.0 Å². The largest absolute Gasteiger partial charge is 0.277 e. The molecule has 1 amide bonds. The molecule has 120 valence electrons. The van der Waals surface area contributed by atoms with Gasteiger partial charge >= 0.3 is 0 Å². The first kappa shape index (κ1) is 18.1. The summed E-state index contributed by atoms with van der Waals surface area (Å²) in [4.78, 5) is 12.9. The molecule has 0 N–H and O–H groups in total. The van der Waals surface area contributed by atoms with Gasteiger partial charge in [-0.3, -0.25) is 9.80 Å². The van der Waals surface area contributed by atoms with Crippen LogP contribution in [0.4, 0.5) is 5.69 Å². The van der Waals surface area contributed by atoms with Gasteiger partial charge in [-0.05, 0) is 54.8 Å². The second kappa shape index (κ2) is 8.02. The predicted octanol–water partition coefficient (Wildman–Crippen LogP) is 5.13. The Hall–Kier alpha value is -1.27. The maximum absolute atomic E-state index is 12.9. The number of thiocarbonyl (C=S) groups is 1. The Morgan fingerprint density at radius 1 is 1.00 bits per heavy atom. The molecule has 2 aromatic carbocycles. The highest BCUT2D eigenvalue weighted by Gasteiger charge is 2.23. The molecule has 3 nitrogen and oxygen atoms in total. The smallest absolute Gasteiger partial charge is 0.267 e. The Morgan fingerprint density at radius 2 is 1.48 bits per heavy atom. The third-order valence-corrected chi connectivity index (χ3v) is 4.98. The molecule has 2 aromatic rings. The van der Waals surface area contributed by atoms with Crippen LogP contribution in [0, 0.1) is 0 Å². The topological polar surface area (TPSA) is 23.6 Å². The summed E-state index contributed by atoms with van der Waals surface area (Å²) in [5.41, 5.74) is 1.19. The first-order valence-corrected chi connectivity index (χ1v) is 9.00. The Bertz CT molecular complexity index is 705. The van der Waals surface area contributed by atoms with Gasteiger partial charge in [0, 0.05) is 22.7 Å². The van der Waals surface area contributed by atoms with Crippen LogP contribution in [0.25, 0.3) is 0 Å². The van der Waals surface area contributed by atoms with E-state index in [1.807, 2.05) is 6.26 Å². The van der Waals surface area contributed by atoms with Crippen LogP contribution >= 0.6 is 47.2 Å². The lowest BCUT2D eigenvalue weighted by molar-refractivity contribution is 0.0949. The molecule has 0 bridgehead atoms. The van der Waals surface area contributed by atoms with E-state index < -0.39 is 0 Å². The minimum Gasteiger partial charge on any atom is -0.267 e. The minimum absolute atomic E-state index is 0.206. The number of hydrazine groups is 1. The Kier molecular flexibility index (Phi) is 6.30. The van der Waals surface area contributed by atoms with Crippen molar-refractivity contribution in [2.24, 2.45) is 0 Å². The van der Waals surface area contributed by atoms with E-state index in [1.54, 1.807) is 60.6 Å². The highest BCUT2D eigenvalue weighted by molar-refractivity contribution is 8.22. The van der Waals surface area contributed by atoms with Gasteiger partial charge in [0.25, 0.3) is 5.91 Å². The van der Waals surface area contributed by atoms with Gasteiger partial charge in [-0.25, -0.2) is 5.01 Å². The number of rotatable bonds is 2. The second-order valence-electron chi connectivity index (χ2n) is 4.59. The summed E-state index contributed by atoms with van der Waals surface area (Å²) in [7, 11) is 1.75. The Morgan fingerprint density at radius 3 is 1.96 bits per heavy atom. The maximum atomic E-state index is 12.9. The highest BCUT2D eigenvalue weighted by Crippen LogP contribution is 2.23. The van der Waals surface area contributed by atoms with Gasteiger partial charge in [-0.2, -0.15) is 0 Å². The number of thioether (sulfide) groups is 1. The second-order valence-corrected chi connectivity index (χ2v) is 6.91. The van der Waals surface area contributed by atoms with Crippen molar-refractivity contribution in [1.82, 2.24) is 5.01 Å². The van der Waals surface area contributed by atoms with Crippen molar-refractivity contribution in [2.75, 3.05) is 18.3 Å². The highest BCUT2D eigenvalue weighted by atomic mass is 35.5. The lowest BCUT2D eigenvalue weighted by Crippen LogP contribution is -2.46. The number of benzene rings is 2. The van der Waals surface area contributed by atoms with E-state index in [4.69, 9.17) is 35.4 Å². The summed E-state index contributed by atoms with van der Waals surface area (Å²) in [6, 6.07) is 13.7. The molecule has 0 aliphatic rings. The number of hydrogen-bond donors (Lipinski definition) is 0. The van der Waals surface area contributed by atoms with Crippen LogP contribution in [-0.4, -0.2) is 28.5 Å². The Balaban J connectivity index is 2.44. The summed E-state index contributed by atoms with van der Waals surface area (Å²) in [6.07, 6.45) is 1.87. The molecular formula is C16H14Cl2N2OS2. The van der Waals surface area contributed by atoms with Gasteiger partial charge in [0.05, 0.1) is 5.69 Å². The lowest BCUT2D eigenvalue weighted by Gasteiger charge is -2.33. The van der Waals surface area contributed by atoms with Crippen molar-refractivity contribution in [3.63, 3.8) is 0 Å². The fraction of sp³-hybridized carbons (Fsp3) is 0.125. The molecule has 0 aliphatic heterocycles.